The first kappa shape index (κ1) is 12.8. The molecular formula is C12H10BrFN2O2. The molecule has 0 saturated heterocycles. The smallest absolute Gasteiger partial charge is 0.261 e. The standard InChI is InChI=1S/C12H10BrFN2O2/c1-16(2)5-7-11(17)6-3-4-8(13)9(14)10(6)15-12(7)18/h3-5H,1-2H3,(H,15,18)/b7-5-. The van der Waals surface area contributed by atoms with Gasteiger partial charge in [0.25, 0.3) is 5.91 Å². The summed E-state index contributed by atoms with van der Waals surface area (Å²) in [6.45, 7) is 0. The fraction of sp³-hybridized carbons (Fsp3) is 0.167. The first-order valence-electron chi connectivity index (χ1n) is 5.14. The van der Waals surface area contributed by atoms with E-state index < -0.39 is 17.5 Å². The van der Waals surface area contributed by atoms with E-state index >= 15 is 0 Å². The number of hydrogen-bond acceptors (Lipinski definition) is 3. The second kappa shape index (κ2) is 4.53. The number of rotatable bonds is 1. The van der Waals surface area contributed by atoms with Crippen molar-refractivity contribution in [2.45, 2.75) is 0 Å². The number of fused-ring (bicyclic) bond motifs is 1. The van der Waals surface area contributed by atoms with Crippen LogP contribution in [0.4, 0.5) is 10.1 Å². The summed E-state index contributed by atoms with van der Waals surface area (Å²) in [5.74, 6) is -1.72. The number of anilines is 1. The van der Waals surface area contributed by atoms with Crippen LogP contribution in [0.2, 0.25) is 0 Å². The van der Waals surface area contributed by atoms with E-state index in [-0.39, 0.29) is 21.3 Å². The number of amides is 1. The van der Waals surface area contributed by atoms with Crippen molar-refractivity contribution in [3.05, 3.63) is 39.8 Å². The van der Waals surface area contributed by atoms with Gasteiger partial charge in [-0.25, -0.2) is 4.39 Å². The van der Waals surface area contributed by atoms with E-state index in [9.17, 15) is 14.0 Å². The van der Waals surface area contributed by atoms with Gasteiger partial charge in [-0.15, -0.1) is 0 Å². The average Bonchev–Trinajstić information content (AvgIpc) is 2.29. The molecule has 0 radical (unpaired) electrons. The fourth-order valence-corrected chi connectivity index (χ4v) is 2.00. The Bertz CT molecular complexity index is 582. The maximum Gasteiger partial charge on any atom is 0.261 e. The van der Waals surface area contributed by atoms with E-state index in [2.05, 4.69) is 21.2 Å². The van der Waals surface area contributed by atoms with Crippen LogP contribution < -0.4 is 5.32 Å². The summed E-state index contributed by atoms with van der Waals surface area (Å²) in [4.78, 5) is 25.4. The minimum absolute atomic E-state index is 0.00535. The number of hydrogen-bond donors (Lipinski definition) is 1. The first-order valence-corrected chi connectivity index (χ1v) is 5.93. The molecule has 94 valence electrons. The Kier molecular flexibility index (Phi) is 3.21. The maximum atomic E-state index is 13.8. The molecule has 1 amide bonds. The molecule has 1 N–H and O–H groups in total. The molecule has 0 atom stereocenters. The molecule has 0 fully saturated rings. The fourth-order valence-electron chi connectivity index (χ4n) is 1.67. The number of carbonyl (C=O) groups is 2. The van der Waals surface area contributed by atoms with E-state index in [1.54, 1.807) is 19.0 Å². The molecule has 0 aromatic heterocycles. The quantitative estimate of drug-likeness (QED) is 0.638. The van der Waals surface area contributed by atoms with Crippen LogP contribution in [0, 0.1) is 5.82 Å². The molecule has 4 nitrogen and oxygen atoms in total. The van der Waals surface area contributed by atoms with Crippen LogP contribution in [0.3, 0.4) is 0 Å². The molecule has 1 aromatic rings. The zero-order chi connectivity index (χ0) is 13.4. The highest BCUT2D eigenvalue weighted by molar-refractivity contribution is 9.10. The van der Waals surface area contributed by atoms with Crippen LogP contribution in [0.15, 0.2) is 28.4 Å². The number of halogens is 2. The van der Waals surface area contributed by atoms with Crippen LogP contribution in [-0.2, 0) is 4.79 Å². The summed E-state index contributed by atoms with van der Waals surface area (Å²) in [6, 6.07) is 2.92. The lowest BCUT2D eigenvalue weighted by molar-refractivity contribution is -0.112. The zero-order valence-electron chi connectivity index (χ0n) is 9.75. The third-order valence-electron chi connectivity index (χ3n) is 2.45. The van der Waals surface area contributed by atoms with Crippen LogP contribution in [0.25, 0.3) is 0 Å². The third-order valence-corrected chi connectivity index (χ3v) is 3.07. The van der Waals surface area contributed by atoms with E-state index in [4.69, 9.17) is 0 Å². The topological polar surface area (TPSA) is 49.4 Å². The average molecular weight is 313 g/mol. The SMILES string of the molecule is CN(C)/C=C1\C(=O)Nc2c(ccc(Br)c2F)C1=O. The molecule has 2 rings (SSSR count). The summed E-state index contributed by atoms with van der Waals surface area (Å²) in [5.41, 5.74) is 0.0768. The largest absolute Gasteiger partial charge is 0.383 e. The van der Waals surface area contributed by atoms with Crippen LogP contribution in [0.5, 0.6) is 0 Å². The molecule has 6 heteroatoms. The van der Waals surface area contributed by atoms with Crippen LogP contribution in [0.1, 0.15) is 10.4 Å². The first-order chi connectivity index (χ1) is 8.41. The van der Waals surface area contributed by atoms with Crippen LogP contribution >= 0.6 is 15.9 Å². The van der Waals surface area contributed by atoms with Crippen molar-refractivity contribution < 1.29 is 14.0 Å². The molecule has 1 aliphatic heterocycles. The van der Waals surface area contributed by atoms with Crippen molar-refractivity contribution in [3.8, 4) is 0 Å². The monoisotopic (exact) mass is 312 g/mol. The highest BCUT2D eigenvalue weighted by Gasteiger charge is 2.31. The number of benzene rings is 1. The molecule has 18 heavy (non-hydrogen) atoms. The Balaban J connectivity index is 2.59. The van der Waals surface area contributed by atoms with Crippen molar-refractivity contribution >= 4 is 33.3 Å². The molecular weight excluding hydrogens is 303 g/mol. The van der Waals surface area contributed by atoms with Gasteiger partial charge in [-0.2, -0.15) is 0 Å². The molecule has 1 heterocycles. The number of ketones is 1. The molecule has 0 spiro atoms. The van der Waals surface area contributed by atoms with E-state index in [1.807, 2.05) is 0 Å². The summed E-state index contributed by atoms with van der Waals surface area (Å²) in [6.07, 6.45) is 1.42. The lowest BCUT2D eigenvalue weighted by atomic mass is 9.97. The maximum absolute atomic E-state index is 13.8. The molecule has 0 aliphatic carbocycles. The van der Waals surface area contributed by atoms with Gasteiger partial charge in [0.05, 0.1) is 10.2 Å². The summed E-state index contributed by atoms with van der Waals surface area (Å²) < 4.78 is 14.0. The summed E-state index contributed by atoms with van der Waals surface area (Å²) in [7, 11) is 3.40. The molecule has 0 unspecified atom stereocenters. The minimum atomic E-state index is -0.641. The predicted molar refractivity (Wildman–Crippen MR) is 68.8 cm³/mol. The van der Waals surface area contributed by atoms with Crippen LogP contribution in [-0.4, -0.2) is 30.7 Å². The number of carbonyl (C=O) groups excluding carboxylic acids is 2. The molecule has 0 bridgehead atoms. The highest BCUT2D eigenvalue weighted by Crippen LogP contribution is 2.32. The van der Waals surface area contributed by atoms with E-state index in [0.717, 1.165) is 0 Å². The Morgan fingerprint density at radius 2 is 2.00 bits per heavy atom. The molecule has 0 saturated carbocycles. The van der Waals surface area contributed by atoms with Crippen molar-refractivity contribution in [2.24, 2.45) is 0 Å². The lowest BCUT2D eigenvalue weighted by Gasteiger charge is -2.20. The van der Waals surface area contributed by atoms with Crippen molar-refractivity contribution in [1.29, 1.82) is 0 Å². The van der Waals surface area contributed by atoms with Gasteiger partial charge in [-0.3, -0.25) is 9.59 Å². The second-order valence-corrected chi connectivity index (χ2v) is 4.93. The molecule has 1 aliphatic rings. The van der Waals surface area contributed by atoms with E-state index in [1.165, 1.54) is 18.3 Å². The van der Waals surface area contributed by atoms with Gasteiger partial charge in [-0.05, 0) is 28.1 Å². The summed E-state index contributed by atoms with van der Waals surface area (Å²) in [5, 5.41) is 2.40. The Hall–Kier alpha value is -1.69. The van der Waals surface area contributed by atoms with Gasteiger partial charge in [0.2, 0.25) is 5.78 Å². The minimum Gasteiger partial charge on any atom is -0.383 e. The number of Topliss-reactive ketones (excluding diaryl/α,β-unsaturated/α-hetero) is 1. The third kappa shape index (κ3) is 2.03. The number of nitrogens with one attached hydrogen (secondary N) is 1. The predicted octanol–water partition coefficient (Wildman–Crippen LogP) is 2.17. The molecule has 1 aromatic carbocycles. The van der Waals surface area contributed by atoms with Gasteiger partial charge in [-0.1, -0.05) is 0 Å². The summed E-state index contributed by atoms with van der Waals surface area (Å²) >= 11 is 3.01. The number of nitrogens with zero attached hydrogens (tertiary/aromatic N) is 1. The van der Waals surface area contributed by atoms with Crippen molar-refractivity contribution in [2.75, 3.05) is 19.4 Å². The van der Waals surface area contributed by atoms with Gasteiger partial charge in [0.15, 0.2) is 5.82 Å². The normalized spacial score (nSPS) is 16.6. The Morgan fingerprint density at radius 3 is 2.61 bits per heavy atom. The van der Waals surface area contributed by atoms with Gasteiger partial charge in [0.1, 0.15) is 5.57 Å². The van der Waals surface area contributed by atoms with Crippen molar-refractivity contribution in [1.82, 2.24) is 4.90 Å². The Labute approximate surface area is 112 Å². The van der Waals surface area contributed by atoms with E-state index in [0.29, 0.717) is 0 Å². The highest BCUT2D eigenvalue weighted by atomic mass is 79.9. The van der Waals surface area contributed by atoms with Gasteiger partial charge in [0, 0.05) is 25.9 Å². The lowest BCUT2D eigenvalue weighted by Crippen LogP contribution is -2.29. The zero-order valence-corrected chi connectivity index (χ0v) is 11.3. The van der Waals surface area contributed by atoms with Gasteiger partial charge < -0.3 is 10.2 Å². The Morgan fingerprint density at radius 1 is 1.33 bits per heavy atom. The van der Waals surface area contributed by atoms with Gasteiger partial charge >= 0.3 is 0 Å². The second-order valence-electron chi connectivity index (χ2n) is 4.07. The van der Waals surface area contributed by atoms with Crippen molar-refractivity contribution in [3.63, 3.8) is 0 Å².